The minimum Gasteiger partial charge on any atom is -0.315 e. The van der Waals surface area contributed by atoms with Crippen molar-refractivity contribution in [2.75, 3.05) is 0 Å². The molecule has 0 amide bonds. The summed E-state index contributed by atoms with van der Waals surface area (Å²) < 4.78 is 16.0. The summed E-state index contributed by atoms with van der Waals surface area (Å²) in [5, 5.41) is 1.09. The van der Waals surface area contributed by atoms with Gasteiger partial charge < -0.3 is 4.57 Å². The van der Waals surface area contributed by atoms with Crippen LogP contribution in [0.2, 0.25) is 0 Å². The zero-order valence-electron chi connectivity index (χ0n) is 13.0. The van der Waals surface area contributed by atoms with E-state index in [-0.39, 0.29) is 5.56 Å². The molecule has 2 heterocycles. The van der Waals surface area contributed by atoms with E-state index in [1.807, 2.05) is 6.07 Å². The molecule has 0 aliphatic carbocycles. The zero-order chi connectivity index (χ0) is 16.2. The molecule has 0 N–H and O–H groups in total. The van der Waals surface area contributed by atoms with Gasteiger partial charge in [-0.05, 0) is 36.1 Å². The number of rotatable bonds is 5. The van der Waals surface area contributed by atoms with Crippen molar-refractivity contribution in [3.8, 4) is 11.4 Å². The van der Waals surface area contributed by atoms with E-state index in [0.717, 1.165) is 19.3 Å². The Morgan fingerprint density at radius 3 is 2.70 bits per heavy atom. The average Bonchev–Trinajstić information content (AvgIpc) is 2.58. The fourth-order valence-corrected chi connectivity index (χ4v) is 2.62. The monoisotopic (exact) mass is 311 g/mol. The van der Waals surface area contributed by atoms with Gasteiger partial charge in [-0.1, -0.05) is 19.8 Å². The van der Waals surface area contributed by atoms with Crippen molar-refractivity contribution >= 4 is 10.8 Å². The van der Waals surface area contributed by atoms with Crippen LogP contribution in [0.1, 0.15) is 26.2 Å². The second-order valence-corrected chi connectivity index (χ2v) is 5.51. The topological polar surface area (TPSA) is 47.8 Å². The Balaban J connectivity index is 2.05. The van der Waals surface area contributed by atoms with Crippen molar-refractivity contribution < 1.29 is 4.39 Å². The predicted octanol–water partition coefficient (Wildman–Crippen LogP) is 3.79. The number of aromatic nitrogens is 3. The second-order valence-electron chi connectivity index (χ2n) is 5.51. The molecule has 118 valence electrons. The minimum atomic E-state index is -0.480. The summed E-state index contributed by atoms with van der Waals surface area (Å²) in [7, 11) is 0. The van der Waals surface area contributed by atoms with Gasteiger partial charge in [0, 0.05) is 25.1 Å². The lowest BCUT2D eigenvalue weighted by Crippen LogP contribution is -2.19. The first-order chi connectivity index (χ1) is 11.2. The standard InChI is InChI=1S/C18H18FN3O/c1-2-3-4-9-22-10-6-13-11-15(17-20-7-5-8-21-17)16(19)12-14(13)18(22)23/h5-8,10-12H,2-4,9H2,1H3. The van der Waals surface area contributed by atoms with Gasteiger partial charge in [0.2, 0.25) is 0 Å². The molecule has 0 fully saturated rings. The van der Waals surface area contributed by atoms with E-state index in [9.17, 15) is 9.18 Å². The number of benzene rings is 1. The molecule has 23 heavy (non-hydrogen) atoms. The van der Waals surface area contributed by atoms with Gasteiger partial charge in [0.05, 0.1) is 10.9 Å². The summed E-state index contributed by atoms with van der Waals surface area (Å²) >= 11 is 0. The molecule has 0 aliphatic rings. The van der Waals surface area contributed by atoms with Gasteiger partial charge in [-0.25, -0.2) is 14.4 Å². The van der Waals surface area contributed by atoms with Crippen molar-refractivity contribution in [3.05, 3.63) is 59.0 Å². The van der Waals surface area contributed by atoms with Gasteiger partial charge >= 0.3 is 0 Å². The molecule has 5 heteroatoms. The summed E-state index contributed by atoms with van der Waals surface area (Å²) in [5.41, 5.74) is 0.152. The molecule has 0 atom stereocenters. The third kappa shape index (κ3) is 3.13. The van der Waals surface area contributed by atoms with Crippen LogP contribution >= 0.6 is 0 Å². The fourth-order valence-electron chi connectivity index (χ4n) is 2.62. The Kier molecular flexibility index (Phi) is 4.46. The van der Waals surface area contributed by atoms with Crippen LogP contribution < -0.4 is 5.56 Å². The number of unbranched alkanes of at least 4 members (excludes halogenated alkanes) is 2. The van der Waals surface area contributed by atoms with Crippen molar-refractivity contribution in [2.45, 2.75) is 32.7 Å². The zero-order valence-corrected chi connectivity index (χ0v) is 13.0. The Morgan fingerprint density at radius 1 is 1.17 bits per heavy atom. The molecule has 0 spiro atoms. The van der Waals surface area contributed by atoms with Crippen LogP contribution in [0.4, 0.5) is 4.39 Å². The lowest BCUT2D eigenvalue weighted by molar-refractivity contribution is 0.590. The lowest BCUT2D eigenvalue weighted by atomic mass is 10.1. The first kappa shape index (κ1) is 15.3. The highest BCUT2D eigenvalue weighted by atomic mass is 19.1. The van der Waals surface area contributed by atoms with E-state index >= 15 is 0 Å². The molecule has 0 saturated carbocycles. The highest BCUT2D eigenvalue weighted by Crippen LogP contribution is 2.23. The van der Waals surface area contributed by atoms with Crippen molar-refractivity contribution in [3.63, 3.8) is 0 Å². The normalized spacial score (nSPS) is 11.0. The number of pyridine rings is 1. The van der Waals surface area contributed by atoms with Gasteiger partial charge in [0.15, 0.2) is 5.82 Å². The van der Waals surface area contributed by atoms with Gasteiger partial charge in [-0.2, -0.15) is 0 Å². The second kappa shape index (κ2) is 6.69. The largest absolute Gasteiger partial charge is 0.315 e. The van der Waals surface area contributed by atoms with E-state index in [1.165, 1.54) is 6.07 Å². The Hall–Kier alpha value is -2.56. The molecule has 0 unspecified atom stereocenters. The number of aryl methyl sites for hydroxylation is 1. The number of fused-ring (bicyclic) bond motifs is 1. The van der Waals surface area contributed by atoms with Crippen LogP contribution in [0.5, 0.6) is 0 Å². The van der Waals surface area contributed by atoms with Gasteiger partial charge in [-0.3, -0.25) is 4.79 Å². The fraction of sp³-hybridized carbons (Fsp3) is 0.278. The average molecular weight is 311 g/mol. The SMILES string of the molecule is CCCCCn1ccc2cc(-c3ncccn3)c(F)cc2c1=O. The third-order valence-electron chi connectivity index (χ3n) is 3.87. The van der Waals surface area contributed by atoms with Crippen LogP contribution in [0, 0.1) is 5.82 Å². The highest BCUT2D eigenvalue weighted by Gasteiger charge is 2.12. The van der Waals surface area contributed by atoms with Crippen LogP contribution in [-0.2, 0) is 6.54 Å². The highest BCUT2D eigenvalue weighted by molar-refractivity contribution is 5.85. The number of nitrogens with zero attached hydrogens (tertiary/aromatic N) is 3. The Morgan fingerprint density at radius 2 is 1.96 bits per heavy atom. The van der Waals surface area contributed by atoms with Crippen molar-refractivity contribution in [1.29, 1.82) is 0 Å². The van der Waals surface area contributed by atoms with E-state index in [2.05, 4.69) is 16.9 Å². The van der Waals surface area contributed by atoms with Crippen molar-refractivity contribution in [1.82, 2.24) is 14.5 Å². The Labute approximate surface area is 133 Å². The van der Waals surface area contributed by atoms with Gasteiger partial charge in [0.25, 0.3) is 5.56 Å². The number of halogens is 1. The van der Waals surface area contributed by atoms with E-state index in [4.69, 9.17) is 0 Å². The van der Waals surface area contributed by atoms with Crippen molar-refractivity contribution in [2.24, 2.45) is 0 Å². The van der Waals surface area contributed by atoms with E-state index < -0.39 is 5.82 Å². The van der Waals surface area contributed by atoms with Crippen LogP contribution in [0.25, 0.3) is 22.2 Å². The molecule has 3 rings (SSSR count). The van der Waals surface area contributed by atoms with Gasteiger partial charge in [0.1, 0.15) is 5.82 Å². The minimum absolute atomic E-state index is 0.155. The van der Waals surface area contributed by atoms with Gasteiger partial charge in [-0.15, -0.1) is 0 Å². The van der Waals surface area contributed by atoms with E-state index in [1.54, 1.807) is 35.3 Å². The summed E-state index contributed by atoms with van der Waals surface area (Å²) in [6.45, 7) is 2.78. The molecule has 4 nitrogen and oxygen atoms in total. The lowest BCUT2D eigenvalue weighted by Gasteiger charge is -2.08. The molecule has 0 saturated heterocycles. The molecular weight excluding hydrogens is 293 g/mol. The predicted molar refractivity (Wildman–Crippen MR) is 88.7 cm³/mol. The Bertz CT molecular complexity index is 875. The quantitative estimate of drug-likeness (QED) is 0.674. The first-order valence-electron chi connectivity index (χ1n) is 7.81. The summed E-state index contributed by atoms with van der Waals surface area (Å²) in [6, 6.07) is 6.45. The maximum absolute atomic E-state index is 14.4. The molecule has 0 bridgehead atoms. The maximum atomic E-state index is 14.4. The van der Waals surface area contributed by atoms with Crippen LogP contribution in [0.3, 0.4) is 0 Å². The smallest absolute Gasteiger partial charge is 0.258 e. The number of hydrogen-bond acceptors (Lipinski definition) is 3. The third-order valence-corrected chi connectivity index (χ3v) is 3.87. The van der Waals surface area contributed by atoms with E-state index in [0.29, 0.717) is 28.7 Å². The maximum Gasteiger partial charge on any atom is 0.258 e. The molecular formula is C18H18FN3O. The molecule has 0 radical (unpaired) electrons. The summed E-state index contributed by atoms with van der Waals surface area (Å²) in [4.78, 5) is 20.6. The first-order valence-corrected chi connectivity index (χ1v) is 7.81. The summed E-state index contributed by atoms with van der Waals surface area (Å²) in [6.07, 6.45) is 8.02. The molecule has 2 aromatic heterocycles. The molecule has 1 aromatic carbocycles. The summed E-state index contributed by atoms with van der Waals surface area (Å²) in [5.74, 6) is -0.161. The molecule has 3 aromatic rings. The molecule has 0 aliphatic heterocycles. The van der Waals surface area contributed by atoms with Crippen LogP contribution in [0.15, 0.2) is 47.7 Å². The van der Waals surface area contributed by atoms with Crippen LogP contribution in [-0.4, -0.2) is 14.5 Å². The number of hydrogen-bond donors (Lipinski definition) is 0.